The molecule has 1 N–H and O–H groups in total. The maximum absolute atomic E-state index is 15.6. The van der Waals surface area contributed by atoms with Gasteiger partial charge in [0.1, 0.15) is 17.0 Å². The van der Waals surface area contributed by atoms with Gasteiger partial charge >= 0.3 is 0 Å². The van der Waals surface area contributed by atoms with Crippen LogP contribution in [0.3, 0.4) is 0 Å². The molecule has 4 aromatic rings. The van der Waals surface area contributed by atoms with Gasteiger partial charge in [-0.1, -0.05) is 19.9 Å². The number of hydrogen-bond donors (Lipinski definition) is 1. The summed E-state index contributed by atoms with van der Waals surface area (Å²) in [5.41, 5.74) is 3.15. The van der Waals surface area contributed by atoms with Crippen LogP contribution in [-0.4, -0.2) is 68.5 Å². The van der Waals surface area contributed by atoms with Crippen molar-refractivity contribution in [3.05, 3.63) is 83.2 Å². The quantitative estimate of drug-likeness (QED) is 0.233. The summed E-state index contributed by atoms with van der Waals surface area (Å²) in [7, 11) is 0. The fourth-order valence-electron chi connectivity index (χ4n) is 7.48. The Labute approximate surface area is 274 Å². The number of pyridine rings is 2. The van der Waals surface area contributed by atoms with Crippen LogP contribution in [-0.2, 0) is 17.6 Å². The maximum Gasteiger partial charge on any atom is 0.251 e. The van der Waals surface area contributed by atoms with Crippen molar-refractivity contribution in [2.45, 2.75) is 82.5 Å². The van der Waals surface area contributed by atoms with Crippen molar-refractivity contribution < 1.29 is 18.3 Å². The first-order valence-corrected chi connectivity index (χ1v) is 16.9. The number of carbonyl (C=O) groups is 1. The number of amides is 1. The van der Waals surface area contributed by atoms with Crippen LogP contribution in [0.4, 0.5) is 8.78 Å². The molecular weight excluding hydrogens is 598 g/mol. The van der Waals surface area contributed by atoms with E-state index in [4.69, 9.17) is 4.74 Å². The van der Waals surface area contributed by atoms with Crippen LogP contribution in [0.15, 0.2) is 55.0 Å². The number of aromatic nitrogens is 4. The Hall–Kier alpha value is -3.89. The summed E-state index contributed by atoms with van der Waals surface area (Å²) in [6.07, 6.45) is 11.1. The van der Waals surface area contributed by atoms with Gasteiger partial charge in [-0.05, 0) is 92.3 Å². The van der Waals surface area contributed by atoms with E-state index >= 15 is 8.78 Å². The lowest BCUT2D eigenvalue weighted by Crippen LogP contribution is -2.44. The largest absolute Gasteiger partial charge is 0.375 e. The predicted octanol–water partition coefficient (Wildman–Crippen LogP) is 6.59. The van der Waals surface area contributed by atoms with Crippen molar-refractivity contribution in [1.29, 1.82) is 0 Å². The lowest BCUT2D eigenvalue weighted by Gasteiger charge is -2.39. The molecule has 2 fully saturated rings. The molecule has 7 rings (SSSR count). The SMILES string of the molecule is CC(C)[C@]1(F)CCc2nc3c(F)cc(C(=O)N[C@H](CCN4CCC5(CCCO5)CC4)c4ccc(-c5ccnnc5)nc4)cc3cc2C1. The molecule has 2 aliphatic heterocycles. The number of carbonyl (C=O) groups excluding carboxylic acids is 1. The van der Waals surface area contributed by atoms with Crippen molar-refractivity contribution in [1.82, 2.24) is 30.4 Å². The van der Waals surface area contributed by atoms with Crippen LogP contribution in [0.2, 0.25) is 0 Å². The van der Waals surface area contributed by atoms with Crippen molar-refractivity contribution in [3.8, 4) is 11.3 Å². The molecule has 0 unspecified atom stereocenters. The van der Waals surface area contributed by atoms with E-state index in [0.717, 1.165) is 80.0 Å². The molecular formula is C37H42F2N6O2. The number of rotatable bonds is 8. The van der Waals surface area contributed by atoms with E-state index in [1.165, 1.54) is 6.07 Å². The van der Waals surface area contributed by atoms with E-state index in [2.05, 4.69) is 30.4 Å². The third-order valence-electron chi connectivity index (χ3n) is 10.7. The summed E-state index contributed by atoms with van der Waals surface area (Å²) in [5, 5.41) is 11.5. The molecule has 246 valence electrons. The maximum atomic E-state index is 15.6. The second-order valence-electron chi connectivity index (χ2n) is 13.9. The van der Waals surface area contributed by atoms with Crippen LogP contribution < -0.4 is 5.32 Å². The number of likely N-dealkylation sites (tertiary alicyclic amines) is 1. The Kier molecular flexibility index (Phi) is 8.74. The lowest BCUT2D eigenvalue weighted by atomic mass is 9.77. The van der Waals surface area contributed by atoms with Gasteiger partial charge in [0.2, 0.25) is 0 Å². The highest BCUT2D eigenvalue weighted by atomic mass is 19.1. The summed E-state index contributed by atoms with van der Waals surface area (Å²) >= 11 is 0. The number of aryl methyl sites for hydroxylation is 1. The van der Waals surface area contributed by atoms with Gasteiger partial charge < -0.3 is 15.0 Å². The smallest absolute Gasteiger partial charge is 0.251 e. The average molecular weight is 641 g/mol. The monoisotopic (exact) mass is 640 g/mol. The van der Waals surface area contributed by atoms with Gasteiger partial charge in [0, 0.05) is 61.1 Å². The second-order valence-corrected chi connectivity index (χ2v) is 13.9. The van der Waals surface area contributed by atoms with Gasteiger partial charge in [0.15, 0.2) is 0 Å². The third-order valence-corrected chi connectivity index (χ3v) is 10.7. The number of benzene rings is 1. The molecule has 1 amide bonds. The minimum atomic E-state index is -1.32. The van der Waals surface area contributed by atoms with Crippen molar-refractivity contribution in [2.24, 2.45) is 5.92 Å². The van der Waals surface area contributed by atoms with E-state index in [1.54, 1.807) is 24.7 Å². The standard InChI is InChI=1S/C37H42F2N6O2/c1-24(2)37(39)10-6-32-29(21-37)19-27-18-28(20-30(38)34(27)43-32)35(46)44-33(8-14-45-15-11-36(12-16-45)9-3-17-47-36)25-4-5-31(40-22-25)26-7-13-41-42-23-26/h4-5,7,13,18-20,22-24,33H,3,6,8-12,14-17,21H2,1-2H3,(H,44,46)/t33-,37+/m1/s1. The summed E-state index contributed by atoms with van der Waals surface area (Å²) < 4.78 is 37.2. The highest BCUT2D eigenvalue weighted by molar-refractivity contribution is 5.98. The molecule has 47 heavy (non-hydrogen) atoms. The molecule has 1 aliphatic carbocycles. The fraction of sp³-hybridized carbons (Fsp3) is 0.486. The zero-order valence-electron chi connectivity index (χ0n) is 27.1. The molecule has 0 saturated carbocycles. The molecule has 5 heterocycles. The van der Waals surface area contributed by atoms with Crippen LogP contribution in [0.1, 0.15) is 85.6 Å². The van der Waals surface area contributed by atoms with Gasteiger partial charge in [-0.25, -0.2) is 13.8 Å². The van der Waals surface area contributed by atoms with Crippen molar-refractivity contribution in [3.63, 3.8) is 0 Å². The zero-order valence-corrected chi connectivity index (χ0v) is 27.1. The number of ether oxygens (including phenoxy) is 1. The third kappa shape index (κ3) is 6.63. The number of piperidine rings is 1. The van der Waals surface area contributed by atoms with Gasteiger partial charge in [0.25, 0.3) is 5.91 Å². The number of halogens is 2. The van der Waals surface area contributed by atoms with E-state index in [1.807, 2.05) is 38.1 Å². The minimum absolute atomic E-state index is 0.0421. The van der Waals surface area contributed by atoms with E-state index in [-0.39, 0.29) is 41.0 Å². The number of nitrogens with one attached hydrogen (secondary N) is 1. The van der Waals surface area contributed by atoms with E-state index in [9.17, 15) is 4.79 Å². The predicted molar refractivity (Wildman–Crippen MR) is 176 cm³/mol. The van der Waals surface area contributed by atoms with Crippen LogP contribution in [0, 0.1) is 11.7 Å². The fourth-order valence-corrected chi connectivity index (χ4v) is 7.48. The molecule has 1 aromatic carbocycles. The molecule has 3 aliphatic rings. The lowest BCUT2D eigenvalue weighted by molar-refractivity contribution is -0.0436. The van der Waals surface area contributed by atoms with E-state index < -0.39 is 11.5 Å². The summed E-state index contributed by atoms with van der Waals surface area (Å²) in [6.45, 7) is 7.34. The Balaban J connectivity index is 1.12. The van der Waals surface area contributed by atoms with Gasteiger partial charge in [-0.2, -0.15) is 10.2 Å². The first kappa shape index (κ1) is 31.7. The van der Waals surface area contributed by atoms with Gasteiger partial charge in [-0.3, -0.25) is 9.78 Å². The van der Waals surface area contributed by atoms with Gasteiger partial charge in [0.05, 0.1) is 29.7 Å². The number of alkyl halides is 1. The Bertz CT molecular complexity index is 1740. The molecule has 2 atom stereocenters. The summed E-state index contributed by atoms with van der Waals surface area (Å²) in [5.74, 6) is -1.07. The highest BCUT2D eigenvalue weighted by Crippen LogP contribution is 2.38. The Morgan fingerprint density at radius 1 is 1.06 bits per heavy atom. The normalized spacial score (nSPS) is 21.6. The molecule has 0 bridgehead atoms. The van der Waals surface area contributed by atoms with E-state index in [0.29, 0.717) is 24.6 Å². The van der Waals surface area contributed by atoms with Crippen LogP contribution >= 0.6 is 0 Å². The average Bonchev–Trinajstić information content (AvgIpc) is 3.54. The highest BCUT2D eigenvalue weighted by Gasteiger charge is 2.39. The molecule has 1 spiro atoms. The number of fused-ring (bicyclic) bond motifs is 2. The van der Waals surface area contributed by atoms with Crippen molar-refractivity contribution in [2.75, 3.05) is 26.2 Å². The molecule has 8 nitrogen and oxygen atoms in total. The molecule has 3 aromatic heterocycles. The molecule has 0 radical (unpaired) electrons. The Morgan fingerprint density at radius 3 is 2.62 bits per heavy atom. The van der Waals surface area contributed by atoms with Gasteiger partial charge in [-0.15, -0.1) is 0 Å². The first-order chi connectivity index (χ1) is 22.7. The summed E-state index contributed by atoms with van der Waals surface area (Å²) in [4.78, 5) is 25.5. The zero-order chi connectivity index (χ0) is 32.6. The number of nitrogens with zero attached hydrogens (tertiary/aromatic N) is 5. The number of hydrogen-bond acceptors (Lipinski definition) is 7. The van der Waals surface area contributed by atoms with Crippen LogP contribution in [0.5, 0.6) is 0 Å². The molecule has 2 saturated heterocycles. The minimum Gasteiger partial charge on any atom is -0.375 e. The van der Waals surface area contributed by atoms with Crippen LogP contribution in [0.25, 0.3) is 22.2 Å². The first-order valence-electron chi connectivity index (χ1n) is 16.9. The topological polar surface area (TPSA) is 93.1 Å². The molecule has 10 heteroatoms. The van der Waals surface area contributed by atoms with Crippen molar-refractivity contribution >= 4 is 16.8 Å². The second kappa shape index (κ2) is 13.0. The summed E-state index contributed by atoms with van der Waals surface area (Å²) in [6, 6.07) is 10.1. The Morgan fingerprint density at radius 2 is 1.91 bits per heavy atom.